The third-order valence-corrected chi connectivity index (χ3v) is 6.88. The summed E-state index contributed by atoms with van der Waals surface area (Å²) >= 11 is 0. The molecule has 3 fully saturated rings. The Balaban J connectivity index is 1.26. The molecule has 1 aliphatic carbocycles. The van der Waals surface area contributed by atoms with Crippen molar-refractivity contribution >= 4 is 5.91 Å². The Hall–Kier alpha value is -1.35. The molecule has 1 unspecified atom stereocenters. The van der Waals surface area contributed by atoms with Crippen LogP contribution in [0.15, 0.2) is 30.3 Å². The first-order valence-corrected chi connectivity index (χ1v) is 10.3. The predicted octanol–water partition coefficient (Wildman–Crippen LogP) is 3.78. The number of likely N-dealkylation sites (tertiary alicyclic amines) is 1. The van der Waals surface area contributed by atoms with Crippen LogP contribution in [0.5, 0.6) is 0 Å². The summed E-state index contributed by atoms with van der Waals surface area (Å²) < 4.78 is 0. The van der Waals surface area contributed by atoms with Gasteiger partial charge in [-0.05, 0) is 81.9 Å². The highest BCUT2D eigenvalue weighted by molar-refractivity contribution is 5.80. The van der Waals surface area contributed by atoms with Gasteiger partial charge in [0.25, 0.3) is 0 Å². The van der Waals surface area contributed by atoms with E-state index in [2.05, 4.69) is 40.5 Å². The third kappa shape index (κ3) is 3.76. The molecule has 0 radical (unpaired) electrons. The summed E-state index contributed by atoms with van der Waals surface area (Å²) in [5.74, 6) is 0.805. The Bertz CT molecular complexity index is 571. The van der Waals surface area contributed by atoms with Crippen molar-refractivity contribution in [1.82, 2.24) is 10.2 Å². The number of nitrogens with zero attached hydrogens (tertiary/aromatic N) is 1. The molecule has 3 heteroatoms. The lowest BCUT2D eigenvalue weighted by Gasteiger charge is -2.50. The highest BCUT2D eigenvalue weighted by atomic mass is 16.2. The number of hydrogen-bond acceptors (Lipinski definition) is 2. The van der Waals surface area contributed by atoms with Crippen LogP contribution in [0.1, 0.15) is 56.9 Å². The van der Waals surface area contributed by atoms with Gasteiger partial charge >= 0.3 is 0 Å². The van der Waals surface area contributed by atoms with Gasteiger partial charge in [-0.1, -0.05) is 30.3 Å². The van der Waals surface area contributed by atoms with Crippen molar-refractivity contribution in [3.05, 3.63) is 35.9 Å². The number of carbonyl (C=O) groups is 1. The van der Waals surface area contributed by atoms with Crippen molar-refractivity contribution in [2.45, 2.75) is 63.8 Å². The van der Waals surface area contributed by atoms with Crippen molar-refractivity contribution in [1.29, 1.82) is 0 Å². The molecule has 1 atom stereocenters. The van der Waals surface area contributed by atoms with Crippen molar-refractivity contribution in [3.63, 3.8) is 0 Å². The Morgan fingerprint density at radius 1 is 1.16 bits per heavy atom. The molecule has 25 heavy (non-hydrogen) atoms. The molecule has 2 saturated heterocycles. The molecule has 2 aliphatic heterocycles. The fourth-order valence-electron chi connectivity index (χ4n) is 5.37. The van der Waals surface area contributed by atoms with E-state index < -0.39 is 0 Å². The Morgan fingerprint density at radius 2 is 1.92 bits per heavy atom. The summed E-state index contributed by atoms with van der Waals surface area (Å²) in [5.41, 5.74) is 1.93. The Morgan fingerprint density at radius 3 is 2.68 bits per heavy atom. The van der Waals surface area contributed by atoms with E-state index in [1.165, 1.54) is 44.1 Å². The molecule has 1 spiro atoms. The molecule has 1 aromatic carbocycles. The molecule has 2 heterocycles. The lowest BCUT2D eigenvalue weighted by atomic mass is 9.57. The number of amides is 1. The summed E-state index contributed by atoms with van der Waals surface area (Å²) in [6.45, 7) is 3.29. The minimum absolute atomic E-state index is 0.327. The smallest absolute Gasteiger partial charge is 0.225 e. The molecule has 0 aromatic heterocycles. The van der Waals surface area contributed by atoms with Crippen LogP contribution in [-0.4, -0.2) is 36.5 Å². The average Bonchev–Trinajstić information content (AvgIpc) is 3.09. The van der Waals surface area contributed by atoms with Gasteiger partial charge in [-0.2, -0.15) is 0 Å². The van der Waals surface area contributed by atoms with E-state index in [4.69, 9.17) is 0 Å². The molecule has 3 nitrogen and oxygen atoms in total. The number of carbonyl (C=O) groups excluding carboxylic acids is 1. The lowest BCUT2D eigenvalue weighted by molar-refractivity contribution is -0.145. The fraction of sp³-hybridized carbons (Fsp3) is 0.682. The second kappa shape index (κ2) is 7.49. The average molecular weight is 341 g/mol. The van der Waals surface area contributed by atoms with E-state index in [1.54, 1.807) is 0 Å². The molecule has 136 valence electrons. The Kier molecular flexibility index (Phi) is 5.12. The van der Waals surface area contributed by atoms with Crippen LogP contribution in [0.4, 0.5) is 0 Å². The van der Waals surface area contributed by atoms with Crippen LogP contribution in [-0.2, 0) is 11.2 Å². The maximum Gasteiger partial charge on any atom is 0.225 e. The summed E-state index contributed by atoms with van der Waals surface area (Å²) in [6.07, 6.45) is 10.8. The van der Waals surface area contributed by atoms with Gasteiger partial charge in [-0.25, -0.2) is 0 Å². The molecule has 1 N–H and O–H groups in total. The van der Waals surface area contributed by atoms with Gasteiger partial charge in [0, 0.05) is 18.5 Å². The first-order chi connectivity index (χ1) is 12.3. The lowest BCUT2D eigenvalue weighted by Crippen LogP contribution is -2.51. The van der Waals surface area contributed by atoms with Crippen molar-refractivity contribution < 1.29 is 4.79 Å². The molecule has 1 aromatic rings. The maximum atomic E-state index is 13.0. The monoisotopic (exact) mass is 340 g/mol. The molecule has 1 saturated carbocycles. The molecule has 0 bridgehead atoms. The van der Waals surface area contributed by atoms with Gasteiger partial charge in [0.15, 0.2) is 0 Å². The van der Waals surface area contributed by atoms with E-state index in [-0.39, 0.29) is 0 Å². The summed E-state index contributed by atoms with van der Waals surface area (Å²) in [4.78, 5) is 15.3. The van der Waals surface area contributed by atoms with Gasteiger partial charge in [-0.15, -0.1) is 0 Å². The van der Waals surface area contributed by atoms with Crippen LogP contribution < -0.4 is 5.32 Å². The van der Waals surface area contributed by atoms with Gasteiger partial charge in [0.2, 0.25) is 5.91 Å². The molecular formula is C22H32N2O. The minimum atomic E-state index is 0.327. The zero-order chi connectivity index (χ0) is 17.1. The predicted molar refractivity (Wildman–Crippen MR) is 101 cm³/mol. The summed E-state index contributed by atoms with van der Waals surface area (Å²) in [7, 11) is 0. The van der Waals surface area contributed by atoms with Crippen molar-refractivity contribution in [2.75, 3.05) is 19.6 Å². The highest BCUT2D eigenvalue weighted by Gasteiger charge is 2.49. The van der Waals surface area contributed by atoms with Gasteiger partial charge < -0.3 is 10.2 Å². The molecule has 1 amide bonds. The topological polar surface area (TPSA) is 32.3 Å². The van der Waals surface area contributed by atoms with Crippen LogP contribution in [0.25, 0.3) is 0 Å². The number of rotatable bonds is 5. The standard InChI is InChI=1S/C22H32N2O/c25-21(19-16-22(17-19)11-13-23-14-12-22)24-15-5-10-20(24)9-4-8-18-6-2-1-3-7-18/h1-3,6-7,19-20,23H,4-5,8-17H2. The van der Waals surface area contributed by atoms with Gasteiger partial charge in [0.05, 0.1) is 0 Å². The highest BCUT2D eigenvalue weighted by Crippen LogP contribution is 2.52. The minimum Gasteiger partial charge on any atom is -0.339 e. The number of piperidine rings is 1. The van der Waals surface area contributed by atoms with E-state index in [1.807, 2.05) is 0 Å². The maximum absolute atomic E-state index is 13.0. The number of hydrogen-bond donors (Lipinski definition) is 1. The zero-order valence-electron chi connectivity index (χ0n) is 15.4. The number of benzene rings is 1. The Labute approximate surface area is 152 Å². The fourth-order valence-corrected chi connectivity index (χ4v) is 5.37. The number of nitrogens with one attached hydrogen (secondary N) is 1. The first kappa shape index (κ1) is 17.1. The second-order valence-electron chi connectivity index (χ2n) is 8.56. The quantitative estimate of drug-likeness (QED) is 0.885. The van der Waals surface area contributed by atoms with Crippen LogP contribution in [0, 0.1) is 11.3 Å². The molecule has 4 rings (SSSR count). The van der Waals surface area contributed by atoms with E-state index in [0.717, 1.165) is 38.9 Å². The van der Waals surface area contributed by atoms with Crippen molar-refractivity contribution in [3.8, 4) is 0 Å². The largest absolute Gasteiger partial charge is 0.339 e. The zero-order valence-corrected chi connectivity index (χ0v) is 15.4. The SMILES string of the molecule is O=C(C1CC2(CCNCC2)C1)N1CCCC1CCCc1ccccc1. The number of aryl methyl sites for hydroxylation is 1. The van der Waals surface area contributed by atoms with Crippen LogP contribution >= 0.6 is 0 Å². The van der Waals surface area contributed by atoms with Gasteiger partial charge in [-0.3, -0.25) is 4.79 Å². The van der Waals surface area contributed by atoms with E-state index >= 15 is 0 Å². The normalized spacial score (nSPS) is 25.9. The van der Waals surface area contributed by atoms with E-state index in [0.29, 0.717) is 23.3 Å². The molecule has 3 aliphatic rings. The summed E-state index contributed by atoms with van der Waals surface area (Å²) in [6, 6.07) is 11.2. The molecular weight excluding hydrogens is 308 g/mol. The van der Waals surface area contributed by atoms with Crippen LogP contribution in [0.2, 0.25) is 0 Å². The van der Waals surface area contributed by atoms with E-state index in [9.17, 15) is 4.79 Å². The summed E-state index contributed by atoms with van der Waals surface area (Å²) in [5, 5.41) is 3.46. The van der Waals surface area contributed by atoms with Gasteiger partial charge in [0.1, 0.15) is 0 Å². The first-order valence-electron chi connectivity index (χ1n) is 10.3. The van der Waals surface area contributed by atoms with Crippen LogP contribution in [0.3, 0.4) is 0 Å². The second-order valence-corrected chi connectivity index (χ2v) is 8.56. The van der Waals surface area contributed by atoms with Crippen molar-refractivity contribution in [2.24, 2.45) is 11.3 Å². The third-order valence-electron chi connectivity index (χ3n) is 6.88.